The second-order valence-corrected chi connectivity index (χ2v) is 7.47. The molecule has 2 bridgehead atoms. The zero-order valence-corrected chi connectivity index (χ0v) is 13.8. The molecule has 3 fully saturated rings. The van der Waals surface area contributed by atoms with Gasteiger partial charge in [0.15, 0.2) is 0 Å². The van der Waals surface area contributed by atoms with E-state index in [1.54, 1.807) is 0 Å². The Labute approximate surface area is 139 Å². The molecule has 0 radical (unpaired) electrons. The molecule has 0 spiro atoms. The van der Waals surface area contributed by atoms with Gasteiger partial charge in [-0.2, -0.15) is 0 Å². The fourth-order valence-corrected chi connectivity index (χ4v) is 4.73. The Morgan fingerprint density at radius 2 is 1.87 bits per heavy atom. The molecule has 4 aliphatic rings. The number of rotatable bonds is 4. The van der Waals surface area contributed by atoms with E-state index in [-0.39, 0.29) is 0 Å². The number of fused-ring (bicyclic) bond motifs is 3. The van der Waals surface area contributed by atoms with Crippen LogP contribution >= 0.6 is 0 Å². The molecule has 0 amide bonds. The molecule has 1 aromatic rings. The summed E-state index contributed by atoms with van der Waals surface area (Å²) in [4.78, 5) is 2.58. The lowest BCUT2D eigenvalue weighted by atomic mass is 9.70. The quantitative estimate of drug-likeness (QED) is 0.912. The number of hydrogen-bond donors (Lipinski definition) is 1. The van der Waals surface area contributed by atoms with Crippen LogP contribution in [0.4, 0.5) is 0 Å². The highest BCUT2D eigenvalue weighted by Gasteiger charge is 2.41. The summed E-state index contributed by atoms with van der Waals surface area (Å²) in [6.45, 7) is 3.68. The molecule has 122 valence electrons. The largest absolute Gasteiger partial charge is 0.380 e. The maximum absolute atomic E-state index is 11.7. The topological polar surface area (TPSA) is 23.5 Å². The predicted octanol–water partition coefficient (Wildman–Crippen LogP) is 3.88. The zero-order valence-electron chi connectivity index (χ0n) is 13.8. The van der Waals surface area contributed by atoms with E-state index in [1.165, 1.54) is 25.9 Å². The lowest BCUT2D eigenvalue weighted by Crippen LogP contribution is -2.49. The molecule has 2 atom stereocenters. The molecule has 1 aromatic carbocycles. The fraction of sp³-hybridized carbons (Fsp3) is 0.524. The molecule has 0 saturated carbocycles. The van der Waals surface area contributed by atoms with E-state index >= 15 is 0 Å². The van der Waals surface area contributed by atoms with Crippen molar-refractivity contribution in [3.63, 3.8) is 0 Å². The molecule has 1 aliphatic carbocycles. The van der Waals surface area contributed by atoms with Crippen LogP contribution in [0.5, 0.6) is 0 Å². The molecule has 2 nitrogen and oxygen atoms in total. The van der Waals surface area contributed by atoms with E-state index in [2.05, 4.69) is 35.3 Å². The predicted molar refractivity (Wildman–Crippen MR) is 94.1 cm³/mol. The van der Waals surface area contributed by atoms with Crippen molar-refractivity contribution in [3.8, 4) is 0 Å². The van der Waals surface area contributed by atoms with Crippen LogP contribution in [0, 0.1) is 11.8 Å². The third-order valence-corrected chi connectivity index (χ3v) is 6.07. The number of allylic oxidation sites excluding steroid dienone is 2. The maximum Gasteiger partial charge on any atom is 0.115 e. The van der Waals surface area contributed by atoms with Crippen molar-refractivity contribution in [2.24, 2.45) is 11.8 Å². The third-order valence-electron chi connectivity index (χ3n) is 6.07. The Morgan fingerprint density at radius 3 is 2.48 bits per heavy atom. The minimum Gasteiger partial charge on any atom is -0.380 e. The van der Waals surface area contributed by atoms with E-state index in [4.69, 9.17) is 0 Å². The summed E-state index contributed by atoms with van der Waals surface area (Å²) in [7, 11) is 0. The third kappa shape index (κ3) is 2.90. The average Bonchev–Trinajstić information content (AvgIpc) is 2.64. The summed E-state index contributed by atoms with van der Waals surface area (Å²) in [6.07, 6.45) is 12.2. The van der Waals surface area contributed by atoms with Gasteiger partial charge in [0.25, 0.3) is 0 Å². The van der Waals surface area contributed by atoms with Gasteiger partial charge in [0.1, 0.15) is 5.60 Å². The number of nitrogens with zero attached hydrogens (tertiary/aromatic N) is 1. The molecular formula is C21H27NO. The highest BCUT2D eigenvalue weighted by atomic mass is 16.3. The molecule has 3 aliphatic heterocycles. The molecule has 3 heterocycles. The first-order valence-corrected chi connectivity index (χ1v) is 9.13. The normalized spacial score (nSPS) is 32.4. The molecule has 1 N–H and O–H groups in total. The number of piperidine rings is 3. The van der Waals surface area contributed by atoms with E-state index in [0.29, 0.717) is 5.92 Å². The Bertz CT molecular complexity index is 598. The molecule has 0 aromatic heterocycles. The molecule has 2 heteroatoms. The minimum atomic E-state index is -0.832. The van der Waals surface area contributed by atoms with E-state index in [9.17, 15) is 5.11 Å². The second kappa shape index (κ2) is 6.26. The van der Waals surface area contributed by atoms with Crippen molar-refractivity contribution in [3.05, 3.63) is 59.7 Å². The van der Waals surface area contributed by atoms with Crippen LogP contribution in [-0.2, 0) is 5.60 Å². The molecule has 5 rings (SSSR count). The van der Waals surface area contributed by atoms with Gasteiger partial charge >= 0.3 is 0 Å². The first-order valence-electron chi connectivity index (χ1n) is 9.13. The number of hydrogen-bond acceptors (Lipinski definition) is 2. The van der Waals surface area contributed by atoms with Crippen LogP contribution in [0.3, 0.4) is 0 Å². The van der Waals surface area contributed by atoms with Crippen molar-refractivity contribution in [2.75, 3.05) is 19.6 Å². The Morgan fingerprint density at radius 1 is 1.09 bits per heavy atom. The summed E-state index contributed by atoms with van der Waals surface area (Å²) in [5.74, 6) is 1.40. The van der Waals surface area contributed by atoms with Gasteiger partial charge in [-0.15, -0.1) is 0 Å². The Hall–Kier alpha value is -1.38. The fourth-order valence-electron chi connectivity index (χ4n) is 4.73. The van der Waals surface area contributed by atoms with Crippen molar-refractivity contribution >= 4 is 0 Å². The van der Waals surface area contributed by atoms with E-state index < -0.39 is 5.60 Å². The van der Waals surface area contributed by atoms with Crippen molar-refractivity contribution in [2.45, 2.75) is 37.7 Å². The van der Waals surface area contributed by atoms with E-state index in [1.807, 2.05) is 18.2 Å². The van der Waals surface area contributed by atoms with Gasteiger partial charge in [-0.3, -0.25) is 0 Å². The van der Waals surface area contributed by atoms with Gasteiger partial charge in [-0.05, 0) is 68.2 Å². The van der Waals surface area contributed by atoms with Gasteiger partial charge in [-0.1, -0.05) is 48.6 Å². The number of aliphatic hydroxyl groups is 1. The summed E-state index contributed by atoms with van der Waals surface area (Å²) in [6, 6.07) is 10.3. The van der Waals surface area contributed by atoms with Crippen LogP contribution in [-0.4, -0.2) is 29.6 Å². The van der Waals surface area contributed by atoms with Crippen LogP contribution in [0.15, 0.2) is 54.1 Å². The van der Waals surface area contributed by atoms with Gasteiger partial charge in [0, 0.05) is 6.54 Å². The zero-order chi connectivity index (χ0) is 15.7. The summed E-state index contributed by atoms with van der Waals surface area (Å²) < 4.78 is 0. The molecule has 23 heavy (non-hydrogen) atoms. The van der Waals surface area contributed by atoms with Gasteiger partial charge < -0.3 is 10.0 Å². The van der Waals surface area contributed by atoms with Crippen LogP contribution in [0.1, 0.15) is 37.7 Å². The van der Waals surface area contributed by atoms with Crippen molar-refractivity contribution in [1.82, 2.24) is 4.90 Å². The summed E-state index contributed by atoms with van der Waals surface area (Å²) in [5.41, 5.74) is 1.32. The minimum absolute atomic E-state index is 0.610. The van der Waals surface area contributed by atoms with Gasteiger partial charge in [0.2, 0.25) is 0 Å². The SMILES string of the molecule is OC(CC1CN2CCC1CC2)(C1=CCCC=C1)c1ccccc1. The van der Waals surface area contributed by atoms with Gasteiger partial charge in [0.05, 0.1) is 0 Å². The first kappa shape index (κ1) is 15.2. The Kier molecular flexibility index (Phi) is 4.13. The maximum atomic E-state index is 11.7. The monoisotopic (exact) mass is 309 g/mol. The first-order chi connectivity index (χ1) is 11.3. The van der Waals surface area contributed by atoms with Crippen LogP contribution in [0.2, 0.25) is 0 Å². The highest BCUT2D eigenvalue weighted by molar-refractivity contribution is 5.40. The number of benzene rings is 1. The summed E-state index contributed by atoms with van der Waals surface area (Å²) >= 11 is 0. The van der Waals surface area contributed by atoms with Crippen molar-refractivity contribution in [1.29, 1.82) is 0 Å². The lowest BCUT2D eigenvalue weighted by molar-refractivity contribution is -0.0141. The Balaban J connectivity index is 1.65. The smallest absolute Gasteiger partial charge is 0.115 e. The van der Waals surface area contributed by atoms with Crippen molar-refractivity contribution < 1.29 is 5.11 Å². The highest BCUT2D eigenvalue weighted by Crippen LogP contribution is 2.43. The van der Waals surface area contributed by atoms with Gasteiger partial charge in [-0.25, -0.2) is 0 Å². The lowest BCUT2D eigenvalue weighted by Gasteiger charge is -2.47. The second-order valence-electron chi connectivity index (χ2n) is 7.47. The standard InChI is InChI=1S/C21H27NO/c23-21(19-7-3-1-4-8-19,20-9-5-2-6-10-20)15-18-16-22-13-11-17(18)12-14-22/h1,3-5,7-10,17-18,23H,2,6,11-16H2. The summed E-state index contributed by atoms with van der Waals surface area (Å²) in [5, 5.41) is 11.7. The van der Waals surface area contributed by atoms with E-state index in [0.717, 1.165) is 42.9 Å². The average molecular weight is 309 g/mol. The molecular weight excluding hydrogens is 282 g/mol. The molecule has 3 saturated heterocycles. The van der Waals surface area contributed by atoms with Crippen LogP contribution in [0.25, 0.3) is 0 Å². The van der Waals surface area contributed by atoms with Crippen LogP contribution < -0.4 is 0 Å². The molecule has 2 unspecified atom stereocenters.